The zero-order valence-electron chi connectivity index (χ0n) is 16.0. The molecule has 1 heterocycles. The summed E-state index contributed by atoms with van der Waals surface area (Å²) in [6.45, 7) is 1.99. The monoisotopic (exact) mass is 398 g/mol. The molecule has 0 spiro atoms. The van der Waals surface area contributed by atoms with Gasteiger partial charge in [0, 0.05) is 30.2 Å². The predicted molar refractivity (Wildman–Crippen MR) is 109 cm³/mol. The summed E-state index contributed by atoms with van der Waals surface area (Å²) in [5.41, 5.74) is 1.89. The third-order valence-corrected chi connectivity index (χ3v) is 4.47. The molecule has 3 aromatic rings. The lowest BCUT2D eigenvalue weighted by molar-refractivity contribution is -0.133. The van der Waals surface area contributed by atoms with E-state index in [1.165, 1.54) is 4.80 Å². The third-order valence-electron chi connectivity index (χ3n) is 4.22. The van der Waals surface area contributed by atoms with E-state index in [2.05, 4.69) is 20.3 Å². The Morgan fingerprint density at radius 1 is 1.04 bits per heavy atom. The zero-order valence-corrected chi connectivity index (χ0v) is 16.8. The molecule has 28 heavy (non-hydrogen) atoms. The SMILES string of the molecule is CN(C)CCN(Cc1ccccc1)C(=O)Cn1nnc(-c2ccc(Cl)cc2)n1. The molecular formula is C20H23ClN6O. The standard InChI is InChI=1S/C20H23ClN6O/c1-25(2)12-13-26(14-16-6-4-3-5-7-16)19(28)15-27-23-20(22-24-27)17-8-10-18(21)11-9-17/h3-11H,12-15H2,1-2H3. The average Bonchev–Trinajstić information content (AvgIpc) is 3.14. The third kappa shape index (κ3) is 5.61. The Morgan fingerprint density at radius 3 is 2.43 bits per heavy atom. The van der Waals surface area contributed by atoms with Gasteiger partial charge in [0.1, 0.15) is 6.54 Å². The molecule has 3 rings (SSSR count). The van der Waals surface area contributed by atoms with Crippen molar-refractivity contribution in [2.45, 2.75) is 13.1 Å². The summed E-state index contributed by atoms with van der Waals surface area (Å²) >= 11 is 5.91. The fourth-order valence-electron chi connectivity index (χ4n) is 2.66. The quantitative estimate of drug-likeness (QED) is 0.583. The number of nitrogens with zero attached hydrogens (tertiary/aromatic N) is 6. The minimum Gasteiger partial charge on any atom is -0.335 e. The van der Waals surface area contributed by atoms with E-state index in [1.54, 1.807) is 12.1 Å². The fraction of sp³-hybridized carbons (Fsp3) is 0.300. The van der Waals surface area contributed by atoms with Gasteiger partial charge in [-0.1, -0.05) is 41.9 Å². The normalized spacial score (nSPS) is 11.0. The summed E-state index contributed by atoms with van der Waals surface area (Å²) in [5.74, 6) is 0.415. The van der Waals surface area contributed by atoms with Crippen LogP contribution in [0.15, 0.2) is 54.6 Å². The molecule has 2 aromatic carbocycles. The van der Waals surface area contributed by atoms with Gasteiger partial charge < -0.3 is 9.80 Å². The second-order valence-corrected chi connectivity index (χ2v) is 7.19. The minimum absolute atomic E-state index is 0.0425. The van der Waals surface area contributed by atoms with Gasteiger partial charge in [0.15, 0.2) is 0 Å². The van der Waals surface area contributed by atoms with Crippen molar-refractivity contribution < 1.29 is 4.79 Å². The molecule has 0 unspecified atom stereocenters. The Kier molecular flexibility index (Phi) is 6.73. The first-order chi connectivity index (χ1) is 13.5. The summed E-state index contributed by atoms with van der Waals surface area (Å²) in [4.78, 5) is 18.1. The number of aromatic nitrogens is 4. The van der Waals surface area contributed by atoms with Crippen LogP contribution in [0.2, 0.25) is 5.02 Å². The van der Waals surface area contributed by atoms with Crippen molar-refractivity contribution in [3.8, 4) is 11.4 Å². The van der Waals surface area contributed by atoms with Crippen LogP contribution < -0.4 is 0 Å². The van der Waals surface area contributed by atoms with Gasteiger partial charge in [0.25, 0.3) is 0 Å². The van der Waals surface area contributed by atoms with Gasteiger partial charge in [-0.25, -0.2) is 0 Å². The number of halogens is 1. The topological polar surface area (TPSA) is 67.2 Å². The second kappa shape index (κ2) is 9.43. The Morgan fingerprint density at radius 2 is 1.75 bits per heavy atom. The number of benzene rings is 2. The van der Waals surface area contributed by atoms with E-state index in [4.69, 9.17) is 11.6 Å². The van der Waals surface area contributed by atoms with Crippen molar-refractivity contribution in [2.24, 2.45) is 0 Å². The van der Waals surface area contributed by atoms with Crippen LogP contribution in [-0.4, -0.2) is 63.1 Å². The zero-order chi connectivity index (χ0) is 19.9. The summed E-state index contributed by atoms with van der Waals surface area (Å²) in [5, 5.41) is 13.0. The molecule has 0 saturated heterocycles. The van der Waals surface area contributed by atoms with Crippen LogP contribution in [0.3, 0.4) is 0 Å². The van der Waals surface area contributed by atoms with Crippen molar-refractivity contribution in [3.63, 3.8) is 0 Å². The first kappa shape index (κ1) is 20.0. The largest absolute Gasteiger partial charge is 0.335 e. The highest BCUT2D eigenvalue weighted by atomic mass is 35.5. The number of hydrogen-bond acceptors (Lipinski definition) is 5. The Labute approximate surface area is 169 Å². The number of rotatable bonds is 8. The van der Waals surface area contributed by atoms with Gasteiger partial charge in [-0.15, -0.1) is 10.2 Å². The lowest BCUT2D eigenvalue weighted by Crippen LogP contribution is -2.38. The van der Waals surface area contributed by atoms with Crippen LogP contribution in [0.25, 0.3) is 11.4 Å². The van der Waals surface area contributed by atoms with Crippen molar-refractivity contribution in [1.82, 2.24) is 30.0 Å². The molecule has 0 N–H and O–H groups in total. The van der Waals surface area contributed by atoms with E-state index in [-0.39, 0.29) is 12.5 Å². The Hall–Kier alpha value is -2.77. The van der Waals surface area contributed by atoms with Crippen LogP contribution in [0, 0.1) is 0 Å². The minimum atomic E-state index is -0.0502. The lowest BCUT2D eigenvalue weighted by Gasteiger charge is -2.24. The molecule has 0 aliphatic rings. The van der Waals surface area contributed by atoms with E-state index in [0.29, 0.717) is 23.9 Å². The lowest BCUT2D eigenvalue weighted by atomic mass is 10.2. The van der Waals surface area contributed by atoms with Crippen LogP contribution in [0.4, 0.5) is 0 Å². The molecule has 1 aromatic heterocycles. The van der Waals surface area contributed by atoms with Gasteiger partial charge in [-0.05, 0) is 49.1 Å². The summed E-state index contributed by atoms with van der Waals surface area (Å²) in [6.07, 6.45) is 0. The van der Waals surface area contributed by atoms with Crippen molar-refractivity contribution in [1.29, 1.82) is 0 Å². The summed E-state index contributed by atoms with van der Waals surface area (Å²) in [7, 11) is 3.98. The molecule has 0 radical (unpaired) electrons. The van der Waals surface area contributed by atoms with Gasteiger partial charge in [-0.2, -0.15) is 4.80 Å². The fourth-order valence-corrected chi connectivity index (χ4v) is 2.79. The molecule has 0 bridgehead atoms. The number of tetrazole rings is 1. The number of hydrogen-bond donors (Lipinski definition) is 0. The van der Waals surface area contributed by atoms with Crippen molar-refractivity contribution in [2.75, 3.05) is 27.2 Å². The maximum atomic E-state index is 12.9. The summed E-state index contributed by atoms with van der Waals surface area (Å²) in [6, 6.07) is 17.1. The number of likely N-dealkylation sites (N-methyl/N-ethyl adjacent to an activating group) is 1. The van der Waals surface area contributed by atoms with Gasteiger partial charge in [-0.3, -0.25) is 4.79 Å². The van der Waals surface area contributed by atoms with Gasteiger partial charge >= 0.3 is 0 Å². The molecule has 0 aliphatic carbocycles. The molecule has 0 fully saturated rings. The molecule has 146 valence electrons. The maximum Gasteiger partial charge on any atom is 0.246 e. The molecule has 0 atom stereocenters. The van der Waals surface area contributed by atoms with E-state index in [1.807, 2.05) is 61.5 Å². The van der Waals surface area contributed by atoms with E-state index in [0.717, 1.165) is 17.7 Å². The number of carbonyl (C=O) groups is 1. The van der Waals surface area contributed by atoms with Gasteiger partial charge in [0.2, 0.25) is 11.7 Å². The average molecular weight is 399 g/mol. The molecule has 0 saturated carbocycles. The highest BCUT2D eigenvalue weighted by Crippen LogP contribution is 2.17. The molecule has 8 heteroatoms. The van der Waals surface area contributed by atoms with Crippen LogP contribution in [0.1, 0.15) is 5.56 Å². The highest BCUT2D eigenvalue weighted by Gasteiger charge is 2.17. The Bertz CT molecular complexity index is 895. The van der Waals surface area contributed by atoms with E-state index in [9.17, 15) is 4.79 Å². The molecular weight excluding hydrogens is 376 g/mol. The first-order valence-corrected chi connectivity index (χ1v) is 9.39. The van der Waals surface area contributed by atoms with Crippen molar-refractivity contribution >= 4 is 17.5 Å². The first-order valence-electron chi connectivity index (χ1n) is 9.01. The molecule has 0 aliphatic heterocycles. The van der Waals surface area contributed by atoms with Crippen LogP contribution >= 0.6 is 11.6 Å². The predicted octanol–water partition coefficient (Wildman–Crippen LogP) is 2.58. The van der Waals surface area contributed by atoms with Crippen LogP contribution in [0.5, 0.6) is 0 Å². The maximum absolute atomic E-state index is 12.9. The van der Waals surface area contributed by atoms with Crippen LogP contribution in [-0.2, 0) is 17.9 Å². The van der Waals surface area contributed by atoms with E-state index < -0.39 is 0 Å². The Balaban J connectivity index is 1.69. The number of amides is 1. The smallest absolute Gasteiger partial charge is 0.246 e. The van der Waals surface area contributed by atoms with Gasteiger partial charge in [0.05, 0.1) is 0 Å². The highest BCUT2D eigenvalue weighted by molar-refractivity contribution is 6.30. The van der Waals surface area contributed by atoms with Crippen molar-refractivity contribution in [3.05, 3.63) is 65.2 Å². The molecule has 7 nitrogen and oxygen atoms in total. The molecule has 1 amide bonds. The van der Waals surface area contributed by atoms with E-state index >= 15 is 0 Å². The number of carbonyl (C=O) groups excluding carboxylic acids is 1. The second-order valence-electron chi connectivity index (χ2n) is 6.75. The summed E-state index contributed by atoms with van der Waals surface area (Å²) < 4.78 is 0.